The van der Waals surface area contributed by atoms with Gasteiger partial charge in [0.1, 0.15) is 17.1 Å². The second kappa shape index (κ2) is 3.99. The molecular weight excluding hydrogens is 238 g/mol. The summed E-state index contributed by atoms with van der Waals surface area (Å²) < 4.78 is 6.32. The van der Waals surface area contributed by atoms with Crippen molar-refractivity contribution in [1.82, 2.24) is 0 Å². The van der Waals surface area contributed by atoms with Gasteiger partial charge in [0, 0.05) is 25.3 Å². The van der Waals surface area contributed by atoms with Crippen LogP contribution in [0.3, 0.4) is 0 Å². The van der Waals surface area contributed by atoms with Crippen LogP contribution in [-0.4, -0.2) is 25.0 Å². The van der Waals surface area contributed by atoms with Crippen LogP contribution in [0.25, 0.3) is 0 Å². The zero-order valence-electron chi connectivity index (χ0n) is 11.9. The van der Waals surface area contributed by atoms with Crippen molar-refractivity contribution in [2.75, 3.05) is 18.5 Å². The van der Waals surface area contributed by atoms with Gasteiger partial charge in [-0.1, -0.05) is 26.0 Å². The van der Waals surface area contributed by atoms with Gasteiger partial charge in [0.25, 0.3) is 0 Å². The Morgan fingerprint density at radius 1 is 1.26 bits per heavy atom. The molecule has 1 aliphatic heterocycles. The van der Waals surface area contributed by atoms with Crippen molar-refractivity contribution in [2.45, 2.75) is 38.7 Å². The molecule has 2 aliphatic rings. The SMILES string of the molecule is CN1CC2(CCC(=O)C(C)(C)C2)Oc2ccccc21. The lowest BCUT2D eigenvalue weighted by Gasteiger charge is -2.49. The number of ether oxygens (including phenoxy) is 1. The van der Waals surface area contributed by atoms with E-state index < -0.39 is 0 Å². The van der Waals surface area contributed by atoms with Crippen molar-refractivity contribution in [3.8, 4) is 5.75 Å². The zero-order chi connectivity index (χ0) is 13.7. The van der Waals surface area contributed by atoms with Crippen LogP contribution in [0.1, 0.15) is 33.1 Å². The van der Waals surface area contributed by atoms with E-state index >= 15 is 0 Å². The van der Waals surface area contributed by atoms with E-state index in [1.54, 1.807) is 0 Å². The second-order valence-electron chi connectivity index (χ2n) is 6.59. The summed E-state index contributed by atoms with van der Waals surface area (Å²) in [7, 11) is 2.10. The Morgan fingerprint density at radius 3 is 2.74 bits per heavy atom. The molecule has 1 saturated carbocycles. The number of hydrogen-bond acceptors (Lipinski definition) is 3. The van der Waals surface area contributed by atoms with Gasteiger partial charge in [-0.15, -0.1) is 0 Å². The molecule has 1 aliphatic carbocycles. The molecule has 0 saturated heterocycles. The average molecular weight is 259 g/mol. The van der Waals surface area contributed by atoms with E-state index in [0.29, 0.717) is 12.2 Å². The van der Waals surface area contributed by atoms with Gasteiger partial charge in [0.15, 0.2) is 0 Å². The maximum absolute atomic E-state index is 12.0. The maximum Gasteiger partial charge on any atom is 0.143 e. The number of ketones is 1. The first-order valence-electron chi connectivity index (χ1n) is 6.94. The molecule has 3 heteroatoms. The zero-order valence-corrected chi connectivity index (χ0v) is 11.9. The van der Waals surface area contributed by atoms with Crippen molar-refractivity contribution >= 4 is 11.5 Å². The summed E-state index contributed by atoms with van der Waals surface area (Å²) in [5.74, 6) is 1.31. The minimum atomic E-state index is -0.272. The summed E-state index contributed by atoms with van der Waals surface area (Å²) in [6.45, 7) is 4.95. The molecule has 3 nitrogen and oxygen atoms in total. The van der Waals surface area contributed by atoms with Crippen LogP contribution >= 0.6 is 0 Å². The number of para-hydroxylation sites is 2. The molecular formula is C16H21NO2. The third-order valence-electron chi connectivity index (χ3n) is 4.45. The van der Waals surface area contributed by atoms with Gasteiger partial charge in [0.05, 0.1) is 12.2 Å². The number of carbonyl (C=O) groups is 1. The Hall–Kier alpha value is -1.51. The number of rotatable bonds is 0. The normalized spacial score (nSPS) is 29.0. The van der Waals surface area contributed by atoms with E-state index in [4.69, 9.17) is 4.74 Å². The first-order valence-corrected chi connectivity index (χ1v) is 6.94. The predicted molar refractivity (Wildman–Crippen MR) is 75.7 cm³/mol. The number of benzene rings is 1. The summed E-state index contributed by atoms with van der Waals surface area (Å²) in [5, 5.41) is 0. The van der Waals surface area contributed by atoms with Crippen LogP contribution in [0.4, 0.5) is 5.69 Å². The molecule has 1 aromatic rings. The van der Waals surface area contributed by atoms with Gasteiger partial charge in [-0.05, 0) is 18.6 Å². The standard InChI is InChI=1S/C16H21NO2/c1-15(2)10-16(9-8-14(15)18)11-17(3)12-6-4-5-7-13(12)19-16/h4-7H,8-11H2,1-3H3. The molecule has 1 aromatic carbocycles. The minimum absolute atomic E-state index is 0.208. The van der Waals surface area contributed by atoms with Gasteiger partial charge in [-0.25, -0.2) is 0 Å². The Balaban J connectivity index is 1.94. The highest BCUT2D eigenvalue weighted by Gasteiger charge is 2.48. The molecule has 0 radical (unpaired) electrons. The summed E-state index contributed by atoms with van der Waals surface area (Å²) >= 11 is 0. The first-order chi connectivity index (χ1) is 8.92. The fourth-order valence-electron chi connectivity index (χ4n) is 3.54. The molecule has 1 heterocycles. The number of likely N-dealkylation sites (N-methyl/N-ethyl adjacent to an activating group) is 1. The minimum Gasteiger partial charge on any atom is -0.483 e. The largest absolute Gasteiger partial charge is 0.483 e. The lowest BCUT2D eigenvalue weighted by molar-refractivity contribution is -0.136. The van der Waals surface area contributed by atoms with Gasteiger partial charge < -0.3 is 9.64 Å². The number of carbonyl (C=O) groups excluding carboxylic acids is 1. The van der Waals surface area contributed by atoms with E-state index in [2.05, 4.69) is 18.0 Å². The number of fused-ring (bicyclic) bond motifs is 1. The van der Waals surface area contributed by atoms with Crippen LogP contribution in [0, 0.1) is 5.41 Å². The fourth-order valence-corrected chi connectivity index (χ4v) is 3.54. The smallest absolute Gasteiger partial charge is 0.143 e. The van der Waals surface area contributed by atoms with Crippen LogP contribution < -0.4 is 9.64 Å². The molecule has 1 spiro atoms. The summed E-state index contributed by atoms with van der Waals surface area (Å²) in [6, 6.07) is 8.15. The highest BCUT2D eigenvalue weighted by atomic mass is 16.5. The average Bonchev–Trinajstić information content (AvgIpc) is 2.34. The molecule has 1 atom stereocenters. The molecule has 0 amide bonds. The van der Waals surface area contributed by atoms with Crippen molar-refractivity contribution in [3.05, 3.63) is 24.3 Å². The van der Waals surface area contributed by atoms with Crippen molar-refractivity contribution in [3.63, 3.8) is 0 Å². The summed E-state index contributed by atoms with van der Waals surface area (Å²) in [6.07, 6.45) is 2.26. The maximum atomic E-state index is 12.0. The topological polar surface area (TPSA) is 29.5 Å². The van der Waals surface area contributed by atoms with Crippen molar-refractivity contribution in [1.29, 1.82) is 0 Å². The van der Waals surface area contributed by atoms with E-state index in [-0.39, 0.29) is 11.0 Å². The molecule has 19 heavy (non-hydrogen) atoms. The van der Waals surface area contributed by atoms with Gasteiger partial charge in [-0.3, -0.25) is 4.79 Å². The monoisotopic (exact) mass is 259 g/mol. The Kier molecular flexibility index (Phi) is 2.63. The van der Waals surface area contributed by atoms with Crippen LogP contribution in [-0.2, 0) is 4.79 Å². The highest BCUT2D eigenvalue weighted by Crippen LogP contribution is 2.46. The molecule has 3 rings (SSSR count). The summed E-state index contributed by atoms with van der Waals surface area (Å²) in [5.41, 5.74) is 0.661. The predicted octanol–water partition coefficient (Wildman–Crippen LogP) is 3.03. The number of Topliss-reactive ketones (excluding diaryl/α,β-unsaturated/α-hetero) is 1. The van der Waals surface area contributed by atoms with Crippen LogP contribution in [0.2, 0.25) is 0 Å². The van der Waals surface area contributed by atoms with Gasteiger partial charge >= 0.3 is 0 Å². The van der Waals surface area contributed by atoms with Crippen molar-refractivity contribution < 1.29 is 9.53 Å². The Morgan fingerprint density at radius 2 is 2.00 bits per heavy atom. The molecule has 102 valence electrons. The molecule has 1 unspecified atom stereocenters. The Bertz CT molecular complexity index is 523. The number of hydrogen-bond donors (Lipinski definition) is 0. The lowest BCUT2D eigenvalue weighted by Crippen LogP contribution is -2.56. The van der Waals surface area contributed by atoms with Crippen molar-refractivity contribution in [2.24, 2.45) is 5.41 Å². The second-order valence-corrected chi connectivity index (χ2v) is 6.59. The van der Waals surface area contributed by atoms with E-state index in [9.17, 15) is 4.79 Å². The molecule has 0 aromatic heterocycles. The summed E-state index contributed by atoms with van der Waals surface area (Å²) in [4.78, 5) is 14.3. The van der Waals surface area contributed by atoms with Crippen LogP contribution in [0.15, 0.2) is 24.3 Å². The number of nitrogens with zero attached hydrogens (tertiary/aromatic N) is 1. The Labute approximate surface area is 114 Å². The third-order valence-corrected chi connectivity index (χ3v) is 4.45. The number of anilines is 1. The van der Waals surface area contributed by atoms with Gasteiger partial charge in [-0.2, -0.15) is 0 Å². The molecule has 0 bridgehead atoms. The van der Waals surface area contributed by atoms with Crippen LogP contribution in [0.5, 0.6) is 5.75 Å². The quantitative estimate of drug-likeness (QED) is 0.717. The van der Waals surface area contributed by atoms with E-state index in [1.807, 2.05) is 32.0 Å². The van der Waals surface area contributed by atoms with E-state index in [1.165, 1.54) is 0 Å². The first kappa shape index (κ1) is 12.5. The fraction of sp³-hybridized carbons (Fsp3) is 0.562. The third kappa shape index (κ3) is 2.01. The molecule has 1 fully saturated rings. The highest BCUT2D eigenvalue weighted by molar-refractivity contribution is 5.85. The molecule has 0 N–H and O–H groups in total. The lowest BCUT2D eigenvalue weighted by atomic mass is 9.68. The van der Waals surface area contributed by atoms with Gasteiger partial charge in [0.2, 0.25) is 0 Å². The van der Waals surface area contributed by atoms with E-state index in [0.717, 1.165) is 30.8 Å².